The number of amides is 7. The van der Waals surface area contributed by atoms with E-state index in [-0.39, 0.29) is 139 Å². The summed E-state index contributed by atoms with van der Waals surface area (Å²) in [6.45, 7) is 34.7. The van der Waals surface area contributed by atoms with Gasteiger partial charge in [-0.05, 0) is 130 Å². The molecule has 18 heterocycles. The van der Waals surface area contributed by atoms with E-state index >= 15 is 0 Å². The number of carbonyl (C=O) groups is 7. The molecule has 32 nitrogen and oxygen atoms in total. The van der Waals surface area contributed by atoms with Crippen molar-refractivity contribution < 1.29 is 141 Å². The Labute approximate surface area is 921 Å². The molecule has 7 amide bonds. The van der Waals surface area contributed by atoms with E-state index in [1.807, 2.05) is 72.8 Å². The van der Waals surface area contributed by atoms with Crippen LogP contribution in [0.3, 0.4) is 0 Å². The summed E-state index contributed by atoms with van der Waals surface area (Å²) >= 11 is 10.9. The standard InChI is InChI=1S/4C14H14N4OS.3C14H13N3OS.3Y/c4*1-9-15-12(19)14(17-9)6-7-18(8-14)13-16-10-4-2-3-5-11(10)20-13;3*1-2-15-13(18)10-7-8-17(9-10)14-16-11-5-3-4-6-12(11)19-14;;;/h4*2-5,17H,1,6-8H2,(H,15,19);3*3-6H,1,7-9H2,(H,15,18);;;/q;;;;3*-2;;;/i5T;4T;3T;2T;6T;4T;3T;;;. The van der Waals surface area contributed by atoms with Crippen LogP contribution < -0.4 is 92.8 Å². The summed E-state index contributed by atoms with van der Waals surface area (Å²) in [7, 11) is 0. The molecule has 140 heavy (non-hydrogen) atoms. The summed E-state index contributed by atoms with van der Waals surface area (Å²) in [5.41, 5.74) is 3.59. The van der Waals surface area contributed by atoms with E-state index < -0.39 is 22.2 Å². The molecule has 4 atom stereocenters. The Balaban J connectivity index is 0.000000122. The van der Waals surface area contributed by atoms with E-state index in [1.165, 1.54) is 22.7 Å². The summed E-state index contributed by atoms with van der Waals surface area (Å²) < 4.78 is 61.2. The van der Waals surface area contributed by atoms with Crippen LogP contribution in [0.5, 0.6) is 0 Å². The minimum absolute atomic E-state index is 0. The van der Waals surface area contributed by atoms with Crippen molar-refractivity contribution in [2.75, 3.05) is 126 Å². The van der Waals surface area contributed by atoms with E-state index in [9.17, 15) is 33.6 Å². The maximum Gasteiger partial charge on any atom is 0.253 e. The van der Waals surface area contributed by atoms with Crippen molar-refractivity contribution >= 4 is 228 Å². The molecule has 11 aliphatic rings. The molecule has 25 rings (SSSR count). The van der Waals surface area contributed by atoms with Crippen molar-refractivity contribution in [2.45, 2.75) is 67.1 Å². The molecule has 11 saturated heterocycles. The van der Waals surface area contributed by atoms with Crippen LogP contribution in [-0.2, 0) is 132 Å². The number of nitrogens with zero attached hydrogens (tertiary/aromatic N) is 14. The molecule has 3 radical (unpaired) electrons. The summed E-state index contributed by atoms with van der Waals surface area (Å²) in [6.07, 6.45) is 12.3. The quantitative estimate of drug-likeness (QED) is 0.0377. The minimum Gasteiger partial charge on any atom is -0.521 e. The second kappa shape index (κ2) is 44.2. The van der Waals surface area contributed by atoms with Crippen LogP contribution in [0.4, 0.5) is 35.9 Å². The van der Waals surface area contributed by atoms with Crippen molar-refractivity contribution in [3.05, 3.63) is 275 Å². The molecule has 14 aromatic rings. The fraction of sp³-hybridized carbons (Fsp3) is 0.255. The maximum absolute atomic E-state index is 12.1. The number of hydrogen-bond acceptors (Lipinski definition) is 32. The van der Waals surface area contributed by atoms with Gasteiger partial charge in [-0.3, -0.25) is 19.2 Å². The molecule has 4 unspecified atom stereocenters. The Hall–Kier alpha value is -11.0. The zero-order chi connectivity index (χ0) is 101. The zero-order valence-electron chi connectivity index (χ0n) is 82.6. The molecule has 0 saturated carbocycles. The molecular weight excluding hydrogens is 2130 g/mol. The molecule has 11 fully saturated rings. The number of thiazole rings is 7. The summed E-state index contributed by atoms with van der Waals surface area (Å²) in [6, 6.07) is 41.7. The van der Waals surface area contributed by atoms with Gasteiger partial charge in [-0.15, -0.1) is 0 Å². The second-order valence-electron chi connectivity index (χ2n) is 33.7. The third kappa shape index (κ3) is 22.1. The smallest absolute Gasteiger partial charge is 0.253 e. The van der Waals surface area contributed by atoms with Crippen LogP contribution in [0.2, 0.25) is 0 Å². The van der Waals surface area contributed by atoms with Gasteiger partial charge < -0.3 is 125 Å². The van der Waals surface area contributed by atoms with Crippen molar-refractivity contribution in [3.63, 3.8) is 0 Å². The molecular formula is C98H95N25O7S7Y3-6. The first kappa shape index (κ1) is 92.7. The van der Waals surface area contributed by atoms with Crippen LogP contribution in [0.15, 0.2) is 239 Å². The molecule has 7 aromatic carbocycles. The average molecular weight is 2240 g/mol. The largest absolute Gasteiger partial charge is 0.521 e. The first-order valence-electron chi connectivity index (χ1n) is 47.3. The van der Waals surface area contributed by atoms with Gasteiger partial charge in [-0.2, -0.15) is 57.6 Å². The van der Waals surface area contributed by atoms with Gasteiger partial charge in [-0.1, -0.05) is 228 Å². The Morgan fingerprint density at radius 1 is 0.321 bits per heavy atom. The third-order valence-corrected chi connectivity index (χ3v) is 32.2. The fourth-order valence-electron chi connectivity index (χ4n) is 17.7. The normalized spacial score (nSPS) is 21.4. The molecule has 0 aliphatic carbocycles. The number of nitrogens with one attached hydrogen (secondary N) is 11. The minimum atomic E-state index is -0.585. The Morgan fingerprint density at radius 2 is 0.564 bits per heavy atom. The van der Waals surface area contributed by atoms with Crippen LogP contribution in [0.25, 0.3) is 71.5 Å². The monoisotopic (exact) mass is 2240 g/mol. The van der Waals surface area contributed by atoms with E-state index in [0.717, 1.165) is 216 Å². The Morgan fingerprint density at radius 3 is 0.864 bits per heavy atom. The fourth-order valence-corrected chi connectivity index (χ4v) is 24.4. The van der Waals surface area contributed by atoms with Gasteiger partial charge in [0, 0.05) is 124 Å². The third-order valence-electron chi connectivity index (χ3n) is 24.6. The molecule has 11 aliphatic heterocycles. The number of hydrogen-bond donors (Lipinski definition) is 11. The maximum atomic E-state index is 12.1. The van der Waals surface area contributed by atoms with E-state index in [4.69, 9.17) is 9.60 Å². The van der Waals surface area contributed by atoms with Crippen LogP contribution >= 0.6 is 79.4 Å². The molecule has 0 bridgehead atoms. The first-order valence-corrected chi connectivity index (χ1v) is 49.5. The summed E-state index contributed by atoms with van der Waals surface area (Å²) in [4.78, 5) is 130. The summed E-state index contributed by atoms with van der Waals surface area (Å²) in [5.74, 6) is 4.34. The van der Waals surface area contributed by atoms with Crippen LogP contribution in [-0.4, -0.2) is 190 Å². The zero-order valence-corrected chi connectivity index (χ0v) is 89.9. The number of para-hydroxylation sites is 7. The number of fused-ring (bicyclic) bond motifs is 7. The van der Waals surface area contributed by atoms with E-state index in [0.29, 0.717) is 111 Å². The van der Waals surface area contributed by atoms with Crippen molar-refractivity contribution in [1.82, 2.24) is 93.4 Å². The van der Waals surface area contributed by atoms with Gasteiger partial charge >= 0.3 is 0 Å². The van der Waals surface area contributed by atoms with Crippen LogP contribution in [0.1, 0.15) is 54.5 Å². The number of anilines is 7. The predicted molar refractivity (Wildman–Crippen MR) is 549 cm³/mol. The van der Waals surface area contributed by atoms with Gasteiger partial charge in [0.15, 0.2) is 35.9 Å². The molecule has 7 aromatic heterocycles. The van der Waals surface area contributed by atoms with Crippen molar-refractivity contribution in [3.8, 4) is 0 Å². The molecule has 4 spiro atoms. The number of rotatable bonds is 13. The Bertz CT molecular complexity index is 7180. The van der Waals surface area contributed by atoms with Gasteiger partial charge in [-0.25, -0.2) is 34.9 Å². The topological polar surface area (TPSA) is 365 Å². The van der Waals surface area contributed by atoms with Crippen molar-refractivity contribution in [2.24, 2.45) is 0 Å². The predicted octanol–water partition coefficient (Wildman–Crippen LogP) is 12.2. The van der Waals surface area contributed by atoms with Gasteiger partial charge in [0.25, 0.3) is 23.6 Å². The van der Waals surface area contributed by atoms with Gasteiger partial charge in [0.1, 0.15) is 22.2 Å². The molecule has 11 N–H and O–H groups in total. The van der Waals surface area contributed by atoms with E-state index in [1.54, 1.807) is 111 Å². The van der Waals surface area contributed by atoms with Crippen LogP contribution in [0, 0.1) is 36.4 Å². The number of carbonyl (C=O) groups excluding carboxylic acids is 7. The summed E-state index contributed by atoms with van der Waals surface area (Å²) in [5, 5.41) is 37.3. The first-order chi connectivity index (χ1) is 69.3. The molecule has 42 heteroatoms. The number of aromatic nitrogens is 7. The number of benzene rings is 7. The van der Waals surface area contributed by atoms with E-state index in [2.05, 4.69) is 192 Å². The second-order valence-corrected chi connectivity index (χ2v) is 40.7. The SMILES string of the molecule is [3H]c1ccc2nc(N3CCC4(C3)NC(=C)NC4=O)sc2c1.[3H]c1ccc2nc(N3CC[C-](C(=O)N[C-]=C)C3)sc2c1.[3H]c1ccc2sc(N3CCC4(C3)NC(=C)NC4=O)nc2c1.[3H]c1ccc2sc(N3CC[C-](C(=O)N[C-]=C)C3)nc2c1.[3H]c1cccc2nc(N3CCC4(C3)NC(=C)NC4=O)sc12.[3H]c1cccc2nc(N3CC[C-](C(=O)N[C-]=C)C3)sc12.[3H]c1cccc2sc(N3CCC4(C3)NC(=C)NC4=O)nc12.[Y].[Y].[Y]. The molecule has 711 valence electrons. The van der Waals surface area contributed by atoms with Gasteiger partial charge in [0.05, 0.1) is 131 Å². The average Bonchev–Trinajstić information content (AvgIpc) is 1.61. The van der Waals surface area contributed by atoms with Gasteiger partial charge in [0.2, 0.25) is 0 Å². The Kier molecular flexibility index (Phi) is 29.3. The van der Waals surface area contributed by atoms with Crippen molar-refractivity contribution in [1.29, 1.82) is 0 Å².